The number of carboxylic acid groups (broad SMARTS) is 2. The number of nitrogens with one attached hydrogen (secondary N) is 3. The van der Waals surface area contributed by atoms with Crippen LogP contribution in [0.1, 0.15) is 46.5 Å². The molecule has 260 valence electrons. The van der Waals surface area contributed by atoms with Gasteiger partial charge in [-0.1, -0.05) is 27.2 Å². The first-order chi connectivity index (χ1) is 21.1. The van der Waals surface area contributed by atoms with Gasteiger partial charge in [0.2, 0.25) is 11.8 Å². The molecule has 0 atom stereocenters. The van der Waals surface area contributed by atoms with Crippen LogP contribution >= 0.6 is 0 Å². The molecule has 1 saturated heterocycles. The van der Waals surface area contributed by atoms with E-state index in [9.17, 15) is 34.2 Å². The molecule has 0 bridgehead atoms. The zero-order chi connectivity index (χ0) is 34.2. The Morgan fingerprint density at radius 1 is 0.682 bits per heavy atom. The molecule has 15 heteroatoms. The normalized spacial score (nSPS) is 15.2. The SMILES string of the molecule is CC.CCNC.CNC(=O)CCCCCNC(=O)CN1CCN(CC=O)CCN(CC(=O)O)CCN(CC(=O)O)CC1.CO. The Morgan fingerprint density at radius 2 is 1.09 bits per heavy atom. The van der Waals surface area contributed by atoms with Crippen LogP contribution in [0, 0.1) is 0 Å². The van der Waals surface area contributed by atoms with Gasteiger partial charge in [0.1, 0.15) is 6.29 Å². The highest BCUT2D eigenvalue weighted by Crippen LogP contribution is 2.02. The van der Waals surface area contributed by atoms with Gasteiger partial charge in [-0.25, -0.2) is 0 Å². The fourth-order valence-electron chi connectivity index (χ4n) is 3.92. The van der Waals surface area contributed by atoms with Gasteiger partial charge in [0.15, 0.2) is 0 Å². The number of aliphatic hydroxyl groups excluding tert-OH is 1. The number of aliphatic carboxylic acids is 2. The number of rotatable bonds is 15. The Kier molecular flexibility index (Phi) is 34.5. The van der Waals surface area contributed by atoms with Gasteiger partial charge in [0.05, 0.1) is 26.2 Å². The molecule has 6 N–H and O–H groups in total. The third-order valence-electron chi connectivity index (χ3n) is 6.38. The number of hydrogen-bond donors (Lipinski definition) is 6. The lowest BCUT2D eigenvalue weighted by Crippen LogP contribution is -2.49. The lowest BCUT2D eigenvalue weighted by molar-refractivity contribution is -0.140. The molecule has 1 aliphatic heterocycles. The quantitative estimate of drug-likeness (QED) is 0.0935. The van der Waals surface area contributed by atoms with Crippen molar-refractivity contribution in [1.82, 2.24) is 35.6 Å². The van der Waals surface area contributed by atoms with Gasteiger partial charge in [-0.2, -0.15) is 0 Å². The van der Waals surface area contributed by atoms with Gasteiger partial charge in [0, 0.05) is 79.5 Å². The van der Waals surface area contributed by atoms with Crippen molar-refractivity contribution < 1.29 is 39.3 Å². The number of carboxylic acids is 2. The van der Waals surface area contributed by atoms with Crippen LogP contribution < -0.4 is 16.0 Å². The average molecular weight is 636 g/mol. The summed E-state index contributed by atoms with van der Waals surface area (Å²) >= 11 is 0. The second-order valence-corrected chi connectivity index (χ2v) is 9.62. The van der Waals surface area contributed by atoms with Gasteiger partial charge in [0.25, 0.3) is 0 Å². The molecular formula is C29H61N7O8. The second kappa shape index (κ2) is 33.2. The lowest BCUT2D eigenvalue weighted by atomic mass is 10.2. The standard InChI is InChI=1S/C23H42N6O7.C3H9N.C2H6.CH4O/c1-24-20(31)5-3-2-4-6-25-21(32)17-27-9-7-26(15-16-30)8-10-28(18-22(33)34)13-14-29(12-11-27)19-23(35)36;1-3-4-2;2*1-2/h16H,2-15,17-19H2,1H3,(H,24,31)(H,25,32)(H,33,34)(H,35,36);4H,3H2,1-2H3;1-2H3;2H,1H3. The summed E-state index contributed by atoms with van der Waals surface area (Å²) in [5.41, 5.74) is 0. The molecule has 44 heavy (non-hydrogen) atoms. The molecular weight excluding hydrogens is 574 g/mol. The summed E-state index contributed by atoms with van der Waals surface area (Å²) in [6.45, 7) is 11.3. The first-order valence-corrected chi connectivity index (χ1v) is 15.5. The number of amides is 2. The van der Waals surface area contributed by atoms with Crippen molar-refractivity contribution in [2.75, 3.05) is 113 Å². The summed E-state index contributed by atoms with van der Waals surface area (Å²) in [7, 11) is 4.54. The Labute approximate surface area is 264 Å². The number of nitrogens with zero attached hydrogens (tertiary/aromatic N) is 4. The summed E-state index contributed by atoms with van der Waals surface area (Å²) in [5, 5.41) is 33.9. The van der Waals surface area contributed by atoms with Crippen molar-refractivity contribution in [3.8, 4) is 0 Å². The Bertz CT molecular complexity index is 745. The van der Waals surface area contributed by atoms with E-state index in [1.165, 1.54) is 0 Å². The van der Waals surface area contributed by atoms with Crippen LogP contribution in [0.3, 0.4) is 0 Å². The molecule has 0 saturated carbocycles. The summed E-state index contributed by atoms with van der Waals surface area (Å²) in [5.74, 6) is -2.06. The van der Waals surface area contributed by atoms with E-state index >= 15 is 0 Å². The predicted octanol–water partition coefficient (Wildman–Crippen LogP) is -1.14. The van der Waals surface area contributed by atoms with Crippen LogP contribution in [0.2, 0.25) is 0 Å². The third-order valence-corrected chi connectivity index (χ3v) is 6.38. The van der Waals surface area contributed by atoms with Crippen LogP contribution in [0.4, 0.5) is 0 Å². The molecule has 1 rings (SSSR count). The second-order valence-electron chi connectivity index (χ2n) is 9.62. The molecule has 0 aromatic heterocycles. The summed E-state index contributed by atoms with van der Waals surface area (Å²) in [6, 6.07) is 0. The van der Waals surface area contributed by atoms with E-state index in [-0.39, 0.29) is 38.0 Å². The monoisotopic (exact) mass is 635 g/mol. The minimum atomic E-state index is -0.968. The van der Waals surface area contributed by atoms with E-state index in [2.05, 4.69) is 22.9 Å². The highest BCUT2D eigenvalue weighted by atomic mass is 16.4. The zero-order valence-corrected chi connectivity index (χ0v) is 28.0. The van der Waals surface area contributed by atoms with E-state index in [1.807, 2.05) is 30.7 Å². The topological polar surface area (TPSA) is 195 Å². The van der Waals surface area contributed by atoms with E-state index in [1.54, 1.807) is 16.8 Å². The Hall–Kier alpha value is -2.69. The molecule has 0 radical (unpaired) electrons. The molecule has 1 heterocycles. The van der Waals surface area contributed by atoms with Gasteiger partial charge in [-0.05, 0) is 26.4 Å². The van der Waals surface area contributed by atoms with Crippen molar-refractivity contribution in [3.63, 3.8) is 0 Å². The molecule has 0 aliphatic carbocycles. The molecule has 2 amide bonds. The smallest absolute Gasteiger partial charge is 0.317 e. The average Bonchev–Trinajstić information content (AvgIpc) is 3.01. The van der Waals surface area contributed by atoms with Crippen molar-refractivity contribution >= 4 is 30.0 Å². The van der Waals surface area contributed by atoms with Gasteiger partial charge >= 0.3 is 11.9 Å². The number of hydrogen-bond acceptors (Lipinski definition) is 11. The molecule has 1 aliphatic rings. The first-order valence-electron chi connectivity index (χ1n) is 15.5. The van der Waals surface area contributed by atoms with E-state index in [4.69, 9.17) is 5.11 Å². The molecule has 0 spiro atoms. The van der Waals surface area contributed by atoms with Crippen molar-refractivity contribution in [2.45, 2.75) is 46.5 Å². The van der Waals surface area contributed by atoms with E-state index in [0.717, 1.165) is 39.2 Å². The minimum Gasteiger partial charge on any atom is -0.480 e. The minimum absolute atomic E-state index is 0.00416. The maximum atomic E-state index is 12.5. The van der Waals surface area contributed by atoms with E-state index < -0.39 is 11.9 Å². The van der Waals surface area contributed by atoms with Gasteiger partial charge < -0.3 is 36.1 Å². The van der Waals surface area contributed by atoms with Crippen LogP contribution in [0.5, 0.6) is 0 Å². The van der Waals surface area contributed by atoms with E-state index in [0.29, 0.717) is 65.3 Å². The number of carbonyl (C=O) groups excluding carboxylic acids is 3. The molecule has 0 unspecified atom stereocenters. The molecule has 0 aromatic carbocycles. The van der Waals surface area contributed by atoms with Gasteiger partial charge in [-0.15, -0.1) is 0 Å². The highest BCUT2D eigenvalue weighted by Gasteiger charge is 2.20. The highest BCUT2D eigenvalue weighted by molar-refractivity contribution is 5.78. The van der Waals surface area contributed by atoms with Crippen molar-refractivity contribution in [3.05, 3.63) is 0 Å². The summed E-state index contributed by atoms with van der Waals surface area (Å²) in [6.07, 6.45) is 3.65. The van der Waals surface area contributed by atoms with Crippen molar-refractivity contribution in [2.24, 2.45) is 0 Å². The zero-order valence-electron chi connectivity index (χ0n) is 28.0. The largest absolute Gasteiger partial charge is 0.480 e. The maximum Gasteiger partial charge on any atom is 0.317 e. The van der Waals surface area contributed by atoms with Crippen LogP contribution in [-0.4, -0.2) is 178 Å². The summed E-state index contributed by atoms with van der Waals surface area (Å²) in [4.78, 5) is 64.9. The number of aldehydes is 1. The van der Waals surface area contributed by atoms with Gasteiger partial charge in [-0.3, -0.25) is 38.8 Å². The Morgan fingerprint density at radius 3 is 1.45 bits per heavy atom. The van der Waals surface area contributed by atoms with Crippen molar-refractivity contribution in [1.29, 1.82) is 0 Å². The molecule has 15 nitrogen and oxygen atoms in total. The first kappa shape index (κ1) is 45.7. The predicted molar refractivity (Wildman–Crippen MR) is 172 cm³/mol. The number of unbranched alkanes of at least 4 members (excludes halogenated alkanes) is 2. The lowest BCUT2D eigenvalue weighted by Gasteiger charge is -2.32. The Balaban J connectivity index is -0.00000190. The third kappa shape index (κ3) is 29.4. The number of aliphatic hydroxyl groups is 1. The molecule has 1 fully saturated rings. The van der Waals surface area contributed by atoms with Crippen LogP contribution in [0.15, 0.2) is 0 Å². The number of carbonyl (C=O) groups is 5. The fourth-order valence-corrected chi connectivity index (χ4v) is 3.92. The molecule has 0 aromatic rings. The summed E-state index contributed by atoms with van der Waals surface area (Å²) < 4.78 is 0. The van der Waals surface area contributed by atoms with Crippen LogP contribution in [-0.2, 0) is 24.0 Å². The van der Waals surface area contributed by atoms with Crippen LogP contribution in [0.25, 0.3) is 0 Å². The fraction of sp³-hybridized carbons (Fsp3) is 0.828. The maximum absolute atomic E-state index is 12.5.